The zero-order valence-electron chi connectivity index (χ0n) is 17.1. The molecule has 1 fully saturated rings. The standard InChI is InChI=1S/C24H21FN2O3S/c1-27-13-17(14-5-7-15(25)8-6-14)21(22(28)20-4-3-11-31-20)24(27)18-12-16(30-2)9-10-19(18)26-23(24)29/h3-12,17,21H,13H2,1-2H3,(H,26,29). The molecule has 1 aromatic heterocycles. The highest BCUT2D eigenvalue weighted by Crippen LogP contribution is 2.56. The summed E-state index contributed by atoms with van der Waals surface area (Å²) in [5.74, 6) is -0.967. The molecule has 2 aliphatic heterocycles. The molecule has 5 rings (SSSR count). The van der Waals surface area contributed by atoms with Gasteiger partial charge in [-0.25, -0.2) is 4.39 Å². The number of methoxy groups -OCH3 is 1. The summed E-state index contributed by atoms with van der Waals surface area (Å²) in [4.78, 5) is 30.0. The van der Waals surface area contributed by atoms with Crippen molar-refractivity contribution in [3.63, 3.8) is 0 Å². The second-order valence-electron chi connectivity index (χ2n) is 7.99. The second-order valence-corrected chi connectivity index (χ2v) is 8.94. The van der Waals surface area contributed by atoms with Crippen LogP contribution in [0.25, 0.3) is 0 Å². The maximum absolute atomic E-state index is 13.9. The Bertz CT molecular complexity index is 1160. The zero-order chi connectivity index (χ0) is 21.8. The summed E-state index contributed by atoms with van der Waals surface area (Å²) in [5.41, 5.74) is 1.08. The number of amides is 1. The normalized spacial score (nSPS) is 24.9. The molecule has 2 aromatic carbocycles. The van der Waals surface area contributed by atoms with E-state index in [9.17, 15) is 14.0 Å². The van der Waals surface area contributed by atoms with Crippen LogP contribution in [0.5, 0.6) is 5.75 Å². The topological polar surface area (TPSA) is 58.6 Å². The monoisotopic (exact) mass is 436 g/mol. The average molecular weight is 437 g/mol. The van der Waals surface area contributed by atoms with Gasteiger partial charge in [-0.05, 0) is 54.4 Å². The van der Waals surface area contributed by atoms with E-state index in [-0.39, 0.29) is 23.4 Å². The average Bonchev–Trinajstić information content (AvgIpc) is 3.47. The number of hydrogen-bond donors (Lipinski definition) is 1. The van der Waals surface area contributed by atoms with Gasteiger partial charge in [0.2, 0.25) is 5.91 Å². The van der Waals surface area contributed by atoms with E-state index < -0.39 is 11.5 Å². The van der Waals surface area contributed by atoms with Crippen molar-refractivity contribution < 1.29 is 18.7 Å². The molecule has 7 heteroatoms. The van der Waals surface area contributed by atoms with Crippen LogP contribution in [0.1, 0.15) is 26.7 Å². The number of halogens is 1. The number of nitrogens with one attached hydrogen (secondary N) is 1. The Morgan fingerprint density at radius 2 is 2.00 bits per heavy atom. The molecule has 5 nitrogen and oxygen atoms in total. The van der Waals surface area contributed by atoms with Crippen LogP contribution in [0.2, 0.25) is 0 Å². The van der Waals surface area contributed by atoms with E-state index in [2.05, 4.69) is 5.32 Å². The number of likely N-dealkylation sites (N-methyl/N-ethyl adjacent to an activating group) is 1. The number of nitrogens with zero attached hydrogens (tertiary/aromatic N) is 1. The van der Waals surface area contributed by atoms with E-state index in [0.717, 1.165) is 11.1 Å². The van der Waals surface area contributed by atoms with E-state index in [0.29, 0.717) is 22.9 Å². The Labute approximate surface area is 183 Å². The molecule has 0 radical (unpaired) electrons. The molecule has 1 saturated heterocycles. The number of anilines is 1. The smallest absolute Gasteiger partial charge is 0.250 e. The molecule has 1 spiro atoms. The van der Waals surface area contributed by atoms with Crippen LogP contribution in [-0.4, -0.2) is 37.3 Å². The first-order valence-electron chi connectivity index (χ1n) is 10.0. The molecular weight excluding hydrogens is 415 g/mol. The van der Waals surface area contributed by atoms with E-state index in [1.807, 2.05) is 35.5 Å². The molecule has 3 unspecified atom stereocenters. The number of ether oxygens (including phenoxy) is 1. The lowest BCUT2D eigenvalue weighted by Crippen LogP contribution is -2.51. The van der Waals surface area contributed by atoms with Gasteiger partial charge in [0.1, 0.15) is 17.1 Å². The number of hydrogen-bond acceptors (Lipinski definition) is 5. The molecule has 0 saturated carbocycles. The van der Waals surface area contributed by atoms with Gasteiger partial charge >= 0.3 is 0 Å². The number of likely N-dealkylation sites (tertiary alicyclic amines) is 1. The van der Waals surface area contributed by atoms with Crippen LogP contribution in [0.15, 0.2) is 60.0 Å². The lowest BCUT2D eigenvalue weighted by Gasteiger charge is -2.35. The van der Waals surface area contributed by atoms with Crippen LogP contribution in [0.3, 0.4) is 0 Å². The van der Waals surface area contributed by atoms with Gasteiger partial charge in [0.05, 0.1) is 17.9 Å². The predicted octanol–water partition coefficient (Wildman–Crippen LogP) is 4.27. The fourth-order valence-corrected chi connectivity index (χ4v) is 5.83. The van der Waals surface area contributed by atoms with Crippen LogP contribution in [-0.2, 0) is 10.3 Å². The highest BCUT2D eigenvalue weighted by atomic mass is 32.1. The number of ketones is 1. The van der Waals surface area contributed by atoms with Gasteiger partial charge in [-0.1, -0.05) is 18.2 Å². The Morgan fingerprint density at radius 3 is 2.68 bits per heavy atom. The molecule has 31 heavy (non-hydrogen) atoms. The van der Waals surface area contributed by atoms with Gasteiger partial charge in [0, 0.05) is 23.7 Å². The minimum absolute atomic E-state index is 0.0838. The van der Waals surface area contributed by atoms with Gasteiger partial charge in [0.15, 0.2) is 5.78 Å². The number of carbonyl (C=O) groups excluding carboxylic acids is 2. The van der Waals surface area contributed by atoms with Crippen LogP contribution < -0.4 is 10.1 Å². The summed E-state index contributed by atoms with van der Waals surface area (Å²) in [7, 11) is 3.44. The largest absolute Gasteiger partial charge is 0.497 e. The first kappa shape index (κ1) is 19.9. The van der Waals surface area contributed by atoms with E-state index in [1.54, 1.807) is 31.4 Å². The molecule has 1 N–H and O–H groups in total. The molecule has 0 aliphatic carbocycles. The van der Waals surface area contributed by atoms with Gasteiger partial charge < -0.3 is 10.1 Å². The SMILES string of the molecule is COc1ccc2c(c1)C1(C(=O)N2)C(C(=O)c2cccs2)C(c2ccc(F)cc2)CN1C. The summed E-state index contributed by atoms with van der Waals surface area (Å²) in [5, 5.41) is 4.84. The molecule has 2 aliphatic rings. The number of carbonyl (C=O) groups is 2. The lowest BCUT2D eigenvalue weighted by molar-refractivity contribution is -0.126. The van der Waals surface area contributed by atoms with Crippen LogP contribution in [0, 0.1) is 11.7 Å². The van der Waals surface area contributed by atoms with Crippen molar-refractivity contribution in [3.05, 3.63) is 81.8 Å². The van der Waals surface area contributed by atoms with Crippen molar-refractivity contribution in [3.8, 4) is 5.75 Å². The van der Waals surface area contributed by atoms with E-state index in [4.69, 9.17) is 4.74 Å². The lowest BCUT2D eigenvalue weighted by atomic mass is 9.71. The Balaban J connectivity index is 1.73. The summed E-state index contributed by atoms with van der Waals surface area (Å²) >= 11 is 1.37. The van der Waals surface area contributed by atoms with Crippen LogP contribution >= 0.6 is 11.3 Å². The summed E-state index contributed by atoms with van der Waals surface area (Å²) in [6, 6.07) is 15.3. The predicted molar refractivity (Wildman–Crippen MR) is 117 cm³/mol. The van der Waals surface area contributed by atoms with Gasteiger partial charge in [-0.2, -0.15) is 0 Å². The maximum Gasteiger partial charge on any atom is 0.250 e. The molecule has 3 heterocycles. The maximum atomic E-state index is 13.9. The molecular formula is C24H21FN2O3S. The minimum atomic E-state index is -1.18. The number of fused-ring (bicyclic) bond motifs is 2. The third kappa shape index (κ3) is 2.84. The number of Topliss-reactive ketones (excluding diaryl/α,β-unsaturated/α-hetero) is 1. The van der Waals surface area contributed by atoms with Gasteiger partial charge in [-0.3, -0.25) is 14.5 Å². The Morgan fingerprint density at radius 1 is 1.23 bits per heavy atom. The minimum Gasteiger partial charge on any atom is -0.497 e. The fourth-order valence-electron chi connectivity index (χ4n) is 5.13. The highest BCUT2D eigenvalue weighted by Gasteiger charge is 2.64. The molecule has 3 aromatic rings. The van der Waals surface area contributed by atoms with E-state index in [1.165, 1.54) is 23.5 Å². The van der Waals surface area contributed by atoms with Crippen LogP contribution in [0.4, 0.5) is 10.1 Å². The fraction of sp³-hybridized carbons (Fsp3) is 0.250. The van der Waals surface area contributed by atoms with Crippen molar-refractivity contribution in [2.75, 3.05) is 26.0 Å². The second kappa shape index (κ2) is 7.28. The first-order chi connectivity index (χ1) is 15.0. The quantitative estimate of drug-likeness (QED) is 0.621. The molecule has 158 valence electrons. The number of benzene rings is 2. The van der Waals surface area contributed by atoms with E-state index >= 15 is 0 Å². The van der Waals surface area contributed by atoms with Crippen molar-refractivity contribution in [2.45, 2.75) is 11.5 Å². The summed E-state index contributed by atoms with van der Waals surface area (Å²) in [6.45, 7) is 0.484. The zero-order valence-corrected chi connectivity index (χ0v) is 17.9. The number of thiophene rings is 1. The van der Waals surface area contributed by atoms with Crippen molar-refractivity contribution in [1.29, 1.82) is 0 Å². The third-order valence-corrected chi connectivity index (χ3v) is 7.39. The summed E-state index contributed by atoms with van der Waals surface area (Å²) < 4.78 is 19.0. The first-order valence-corrected chi connectivity index (χ1v) is 10.9. The Kier molecular flexibility index (Phi) is 4.68. The highest BCUT2D eigenvalue weighted by molar-refractivity contribution is 7.12. The molecule has 0 bridgehead atoms. The van der Waals surface area contributed by atoms with Crippen molar-refractivity contribution in [1.82, 2.24) is 4.90 Å². The molecule has 3 atom stereocenters. The van der Waals surface area contributed by atoms with Crippen molar-refractivity contribution in [2.24, 2.45) is 5.92 Å². The third-order valence-electron chi connectivity index (χ3n) is 6.50. The van der Waals surface area contributed by atoms with Crippen molar-refractivity contribution >= 4 is 28.7 Å². The van der Waals surface area contributed by atoms with Gasteiger partial charge in [-0.15, -0.1) is 11.3 Å². The summed E-state index contributed by atoms with van der Waals surface area (Å²) in [6.07, 6.45) is 0. The van der Waals surface area contributed by atoms with Gasteiger partial charge in [0.25, 0.3) is 0 Å². The number of rotatable bonds is 4. The Hall–Kier alpha value is -3.03. The molecule has 1 amide bonds.